The van der Waals surface area contributed by atoms with Crippen molar-refractivity contribution in [3.05, 3.63) is 71.9 Å². The van der Waals surface area contributed by atoms with E-state index in [1.54, 1.807) is 30.3 Å². The summed E-state index contributed by atoms with van der Waals surface area (Å²) in [5.74, 6) is 0.656. The minimum atomic E-state index is -0.371. The molecule has 0 bridgehead atoms. The lowest BCUT2D eigenvalue weighted by Gasteiger charge is -2.13. The van der Waals surface area contributed by atoms with Gasteiger partial charge >= 0.3 is 0 Å². The molecular weight excluding hydrogens is 378 g/mol. The molecule has 2 aromatic carbocycles. The van der Waals surface area contributed by atoms with Gasteiger partial charge in [0.1, 0.15) is 11.5 Å². The van der Waals surface area contributed by atoms with Gasteiger partial charge in [0, 0.05) is 30.5 Å². The van der Waals surface area contributed by atoms with Crippen LogP contribution >= 0.6 is 0 Å². The molecule has 1 saturated heterocycles. The summed E-state index contributed by atoms with van der Waals surface area (Å²) >= 11 is 0. The van der Waals surface area contributed by atoms with E-state index >= 15 is 0 Å². The van der Waals surface area contributed by atoms with Crippen molar-refractivity contribution in [2.75, 3.05) is 23.8 Å². The van der Waals surface area contributed by atoms with Gasteiger partial charge < -0.3 is 15.4 Å². The Balaban J connectivity index is 1.60. The fourth-order valence-corrected chi connectivity index (χ4v) is 3.26. The summed E-state index contributed by atoms with van der Waals surface area (Å²) in [6.07, 6.45) is 2.21. The average Bonchev–Trinajstić information content (AvgIpc) is 3.32. The van der Waals surface area contributed by atoms with E-state index < -0.39 is 0 Å². The SMILES string of the molecule is N#Cc1cccc(NC(=O)c2cc(NCC3CCCO3)nc(-c3ccccc3)n2)c1. The minimum Gasteiger partial charge on any atom is -0.376 e. The first-order valence-electron chi connectivity index (χ1n) is 9.83. The average molecular weight is 399 g/mol. The van der Waals surface area contributed by atoms with E-state index in [4.69, 9.17) is 10.00 Å². The molecule has 1 atom stereocenters. The number of hydrogen-bond acceptors (Lipinski definition) is 6. The number of ether oxygens (including phenoxy) is 1. The predicted octanol–water partition coefficient (Wildman–Crippen LogP) is 3.86. The Morgan fingerprint density at radius 1 is 1.13 bits per heavy atom. The molecule has 0 saturated carbocycles. The van der Waals surface area contributed by atoms with Crippen LogP contribution in [-0.2, 0) is 4.74 Å². The van der Waals surface area contributed by atoms with Gasteiger partial charge in [-0.05, 0) is 31.0 Å². The van der Waals surface area contributed by atoms with E-state index in [9.17, 15) is 4.79 Å². The summed E-state index contributed by atoms with van der Waals surface area (Å²) in [6.45, 7) is 1.40. The Bertz CT molecular complexity index is 1070. The number of nitrogens with one attached hydrogen (secondary N) is 2. The normalized spacial score (nSPS) is 15.4. The number of hydrogen-bond donors (Lipinski definition) is 2. The van der Waals surface area contributed by atoms with Crippen molar-refractivity contribution in [3.63, 3.8) is 0 Å². The van der Waals surface area contributed by atoms with Crippen LogP contribution < -0.4 is 10.6 Å². The number of amides is 1. The van der Waals surface area contributed by atoms with Crippen LogP contribution in [0, 0.1) is 11.3 Å². The lowest BCUT2D eigenvalue weighted by Crippen LogP contribution is -2.20. The number of carbonyl (C=O) groups is 1. The topological polar surface area (TPSA) is 99.9 Å². The molecule has 0 radical (unpaired) electrons. The van der Waals surface area contributed by atoms with Crippen LogP contribution in [0.25, 0.3) is 11.4 Å². The first kappa shape index (κ1) is 19.6. The number of anilines is 2. The lowest BCUT2D eigenvalue weighted by molar-refractivity contribution is 0.102. The molecule has 0 aliphatic carbocycles. The van der Waals surface area contributed by atoms with E-state index in [1.165, 1.54) is 0 Å². The third-order valence-electron chi connectivity index (χ3n) is 4.78. The van der Waals surface area contributed by atoms with Crippen LogP contribution in [0.2, 0.25) is 0 Å². The molecule has 1 unspecified atom stereocenters. The summed E-state index contributed by atoms with van der Waals surface area (Å²) in [6, 6.07) is 20.0. The Labute approximate surface area is 174 Å². The van der Waals surface area contributed by atoms with Crippen molar-refractivity contribution >= 4 is 17.4 Å². The molecule has 1 fully saturated rings. The third kappa shape index (κ3) is 4.80. The molecule has 7 heteroatoms. The van der Waals surface area contributed by atoms with Gasteiger partial charge in [-0.3, -0.25) is 4.79 Å². The Hall–Kier alpha value is -3.76. The van der Waals surface area contributed by atoms with E-state index in [0.717, 1.165) is 25.0 Å². The molecule has 2 N–H and O–H groups in total. The van der Waals surface area contributed by atoms with Gasteiger partial charge in [-0.25, -0.2) is 9.97 Å². The molecule has 4 rings (SSSR count). The lowest BCUT2D eigenvalue weighted by atomic mass is 10.2. The van der Waals surface area contributed by atoms with E-state index in [1.807, 2.05) is 30.3 Å². The Kier molecular flexibility index (Phi) is 5.97. The molecule has 3 aromatic rings. The summed E-state index contributed by atoms with van der Waals surface area (Å²) < 4.78 is 5.66. The molecule has 30 heavy (non-hydrogen) atoms. The first-order valence-corrected chi connectivity index (χ1v) is 9.83. The van der Waals surface area contributed by atoms with Gasteiger partial charge in [0.15, 0.2) is 5.82 Å². The zero-order valence-electron chi connectivity index (χ0n) is 16.3. The number of benzene rings is 2. The maximum Gasteiger partial charge on any atom is 0.274 e. The highest BCUT2D eigenvalue weighted by Crippen LogP contribution is 2.20. The van der Waals surface area contributed by atoms with Crippen LogP contribution in [0.1, 0.15) is 28.9 Å². The zero-order valence-corrected chi connectivity index (χ0v) is 16.3. The van der Waals surface area contributed by atoms with E-state index in [-0.39, 0.29) is 17.7 Å². The van der Waals surface area contributed by atoms with E-state index in [2.05, 4.69) is 26.7 Å². The highest BCUT2D eigenvalue weighted by molar-refractivity contribution is 6.03. The number of aromatic nitrogens is 2. The van der Waals surface area contributed by atoms with Crippen molar-refractivity contribution in [2.24, 2.45) is 0 Å². The Morgan fingerprint density at radius 2 is 2.00 bits per heavy atom. The van der Waals surface area contributed by atoms with Crippen LogP contribution in [-0.4, -0.2) is 35.1 Å². The highest BCUT2D eigenvalue weighted by atomic mass is 16.5. The van der Waals surface area contributed by atoms with Gasteiger partial charge in [-0.15, -0.1) is 0 Å². The van der Waals surface area contributed by atoms with Gasteiger partial charge in [0.25, 0.3) is 5.91 Å². The number of nitriles is 1. The van der Waals surface area contributed by atoms with E-state index in [0.29, 0.717) is 29.4 Å². The van der Waals surface area contributed by atoms with Crippen molar-refractivity contribution < 1.29 is 9.53 Å². The minimum absolute atomic E-state index is 0.145. The molecule has 7 nitrogen and oxygen atoms in total. The van der Waals surface area contributed by atoms with Crippen LogP contribution in [0.3, 0.4) is 0 Å². The molecule has 150 valence electrons. The molecule has 0 spiro atoms. The van der Waals surface area contributed by atoms with Crippen LogP contribution in [0.5, 0.6) is 0 Å². The second kappa shape index (κ2) is 9.16. The predicted molar refractivity (Wildman–Crippen MR) is 114 cm³/mol. The maximum absolute atomic E-state index is 12.9. The summed E-state index contributed by atoms with van der Waals surface area (Å²) in [5, 5.41) is 15.1. The van der Waals surface area contributed by atoms with Gasteiger partial charge in [0.05, 0.1) is 17.7 Å². The van der Waals surface area contributed by atoms with Crippen molar-refractivity contribution in [3.8, 4) is 17.5 Å². The zero-order chi connectivity index (χ0) is 20.8. The summed E-state index contributed by atoms with van der Waals surface area (Å²) in [7, 11) is 0. The summed E-state index contributed by atoms with van der Waals surface area (Å²) in [4.78, 5) is 21.9. The molecule has 1 aromatic heterocycles. The first-order chi connectivity index (χ1) is 14.7. The second-order valence-electron chi connectivity index (χ2n) is 6.99. The monoisotopic (exact) mass is 399 g/mol. The number of carbonyl (C=O) groups excluding carboxylic acids is 1. The van der Waals surface area contributed by atoms with Crippen molar-refractivity contribution in [2.45, 2.75) is 18.9 Å². The summed E-state index contributed by atoms with van der Waals surface area (Å²) in [5.41, 5.74) is 2.06. The molecular formula is C23H21N5O2. The fourth-order valence-electron chi connectivity index (χ4n) is 3.26. The van der Waals surface area contributed by atoms with Crippen molar-refractivity contribution in [1.82, 2.24) is 9.97 Å². The second-order valence-corrected chi connectivity index (χ2v) is 6.99. The van der Waals surface area contributed by atoms with Crippen LogP contribution in [0.4, 0.5) is 11.5 Å². The maximum atomic E-state index is 12.9. The smallest absolute Gasteiger partial charge is 0.274 e. The molecule has 1 aliphatic heterocycles. The van der Waals surface area contributed by atoms with Crippen LogP contribution in [0.15, 0.2) is 60.7 Å². The number of rotatable bonds is 6. The molecule has 1 aliphatic rings. The fraction of sp³-hybridized carbons (Fsp3) is 0.217. The number of nitrogens with zero attached hydrogens (tertiary/aromatic N) is 3. The third-order valence-corrected chi connectivity index (χ3v) is 4.78. The molecule has 2 heterocycles. The van der Waals surface area contributed by atoms with Crippen molar-refractivity contribution in [1.29, 1.82) is 5.26 Å². The van der Waals surface area contributed by atoms with Gasteiger partial charge in [-0.1, -0.05) is 36.4 Å². The quantitative estimate of drug-likeness (QED) is 0.653. The Morgan fingerprint density at radius 3 is 2.77 bits per heavy atom. The highest BCUT2D eigenvalue weighted by Gasteiger charge is 2.17. The van der Waals surface area contributed by atoms with Gasteiger partial charge in [0.2, 0.25) is 0 Å². The molecule has 1 amide bonds. The standard InChI is InChI=1S/C23H21N5O2/c24-14-16-6-4-9-18(12-16)26-23(29)20-13-21(25-15-19-10-5-11-30-19)28-22(27-20)17-7-2-1-3-8-17/h1-4,6-9,12-13,19H,5,10-11,15H2,(H,26,29)(H,25,27,28). The van der Waals surface area contributed by atoms with Gasteiger partial charge in [-0.2, -0.15) is 5.26 Å². The largest absolute Gasteiger partial charge is 0.376 e.